The van der Waals surface area contributed by atoms with E-state index in [0.717, 1.165) is 52.6 Å². The summed E-state index contributed by atoms with van der Waals surface area (Å²) in [5.41, 5.74) is 8.05. The minimum Gasteiger partial charge on any atom is -0.324 e. The quantitative estimate of drug-likeness (QED) is 0.167. The molecule has 3 aromatic heterocycles. The van der Waals surface area contributed by atoms with Crippen LogP contribution < -0.4 is 10.6 Å². The van der Waals surface area contributed by atoms with E-state index in [-0.39, 0.29) is 6.03 Å². The molecule has 3 aromatic carbocycles. The molecule has 6 aromatic rings. The molecule has 7 rings (SSSR count). The molecule has 1 atom stereocenters. The number of anilines is 3. The van der Waals surface area contributed by atoms with Gasteiger partial charge in [0.05, 0.1) is 17.1 Å². The number of nitrogens with one attached hydrogen (secondary N) is 2. The van der Waals surface area contributed by atoms with Crippen molar-refractivity contribution in [2.75, 3.05) is 30.8 Å². The molecule has 4 heterocycles. The summed E-state index contributed by atoms with van der Waals surface area (Å²) in [6.45, 7) is 7.31. The Morgan fingerprint density at radius 1 is 0.917 bits per heavy atom. The van der Waals surface area contributed by atoms with Crippen molar-refractivity contribution in [2.45, 2.75) is 38.8 Å². The van der Waals surface area contributed by atoms with Crippen LogP contribution in [0.4, 0.5) is 22.1 Å². The Morgan fingerprint density at radius 2 is 1.73 bits per heavy atom. The number of nitrogens with zero attached hydrogens (tertiary/aromatic N) is 6. The number of urea groups is 1. The Hall–Kier alpha value is -5.54. The maximum Gasteiger partial charge on any atom is 0.321 e. The molecule has 48 heavy (non-hydrogen) atoms. The van der Waals surface area contributed by atoms with Crippen LogP contribution in [0, 0.1) is 0 Å². The van der Waals surface area contributed by atoms with Crippen LogP contribution in [0.25, 0.3) is 28.3 Å². The third-order valence-corrected chi connectivity index (χ3v) is 9.01. The average molecular weight is 637 g/mol. The van der Waals surface area contributed by atoms with Crippen molar-refractivity contribution in [3.05, 3.63) is 127 Å². The first kappa shape index (κ1) is 31.1. The highest BCUT2D eigenvalue weighted by molar-refractivity contribution is 5.91. The highest BCUT2D eigenvalue weighted by Crippen LogP contribution is 2.34. The minimum atomic E-state index is -0.188. The second kappa shape index (κ2) is 13.7. The summed E-state index contributed by atoms with van der Waals surface area (Å²) in [7, 11) is 1.79. The van der Waals surface area contributed by atoms with E-state index in [2.05, 4.69) is 58.6 Å². The molecule has 1 fully saturated rings. The molecule has 0 bridgehead atoms. The lowest BCUT2D eigenvalue weighted by molar-refractivity contribution is 0.220. The molecule has 242 valence electrons. The number of carbonyl (C=O) groups is 1. The smallest absolute Gasteiger partial charge is 0.321 e. The van der Waals surface area contributed by atoms with E-state index in [4.69, 9.17) is 9.97 Å². The average Bonchev–Trinajstić information content (AvgIpc) is 3.76. The molecule has 9 heteroatoms. The Bertz CT molecular complexity index is 2020. The second-order valence-corrected chi connectivity index (χ2v) is 12.7. The van der Waals surface area contributed by atoms with Crippen molar-refractivity contribution < 1.29 is 4.79 Å². The molecule has 9 nitrogen and oxygen atoms in total. The number of pyridine rings is 1. The van der Waals surface area contributed by atoms with Gasteiger partial charge in [0, 0.05) is 55.5 Å². The number of hydrogen-bond donors (Lipinski definition) is 2. The van der Waals surface area contributed by atoms with Crippen molar-refractivity contribution in [1.29, 1.82) is 0 Å². The Labute approximate surface area is 281 Å². The Kier molecular flexibility index (Phi) is 8.85. The molecule has 1 unspecified atom stereocenters. The van der Waals surface area contributed by atoms with Gasteiger partial charge in [0.2, 0.25) is 5.95 Å². The van der Waals surface area contributed by atoms with Crippen molar-refractivity contribution >= 4 is 29.0 Å². The summed E-state index contributed by atoms with van der Waals surface area (Å²) in [6.07, 6.45) is 4.95. The van der Waals surface area contributed by atoms with E-state index in [1.54, 1.807) is 18.1 Å². The highest BCUT2D eigenvalue weighted by atomic mass is 16.2. The van der Waals surface area contributed by atoms with Gasteiger partial charge in [-0.3, -0.25) is 4.40 Å². The van der Waals surface area contributed by atoms with Gasteiger partial charge in [0.1, 0.15) is 5.65 Å². The first-order chi connectivity index (χ1) is 23.4. The van der Waals surface area contributed by atoms with Gasteiger partial charge in [-0.25, -0.2) is 19.7 Å². The number of rotatable bonds is 9. The van der Waals surface area contributed by atoms with Crippen LogP contribution in [0.5, 0.6) is 0 Å². The van der Waals surface area contributed by atoms with Gasteiger partial charge in [-0.05, 0) is 86.3 Å². The highest BCUT2D eigenvalue weighted by Gasteiger charge is 2.25. The third-order valence-electron chi connectivity index (χ3n) is 9.01. The number of benzene rings is 3. The first-order valence-electron chi connectivity index (χ1n) is 16.5. The van der Waals surface area contributed by atoms with E-state index in [0.29, 0.717) is 30.1 Å². The van der Waals surface area contributed by atoms with Crippen LogP contribution in [0.15, 0.2) is 116 Å². The van der Waals surface area contributed by atoms with E-state index in [1.165, 1.54) is 12.0 Å². The van der Waals surface area contributed by atoms with E-state index < -0.39 is 0 Å². The summed E-state index contributed by atoms with van der Waals surface area (Å²) in [5, 5.41) is 6.45. The van der Waals surface area contributed by atoms with E-state index in [1.807, 2.05) is 89.5 Å². The number of hydrogen-bond acceptors (Lipinski definition) is 6. The zero-order valence-corrected chi connectivity index (χ0v) is 27.5. The monoisotopic (exact) mass is 636 g/mol. The summed E-state index contributed by atoms with van der Waals surface area (Å²) in [4.78, 5) is 31.8. The normalized spacial score (nSPS) is 14.8. The SMILES string of the molecule is CC(C)N1CCC(c2ccc(Nc3nccc(-c4c(-c5cccc(NC(=O)N(C)Cc6ccccc6)c5)nc5ccccn45)n3)cc2)C1. The van der Waals surface area contributed by atoms with Crippen LogP contribution >= 0.6 is 0 Å². The molecule has 0 aliphatic carbocycles. The number of fused-ring (bicyclic) bond motifs is 1. The zero-order chi connectivity index (χ0) is 33.0. The molecule has 1 aliphatic heterocycles. The molecule has 0 radical (unpaired) electrons. The minimum absolute atomic E-state index is 0.188. The molecule has 0 spiro atoms. The lowest BCUT2D eigenvalue weighted by Gasteiger charge is -2.20. The van der Waals surface area contributed by atoms with Crippen molar-refractivity contribution in [3.8, 4) is 22.6 Å². The van der Waals surface area contributed by atoms with E-state index in [9.17, 15) is 4.79 Å². The Balaban J connectivity index is 1.13. The fourth-order valence-corrected chi connectivity index (χ4v) is 6.38. The van der Waals surface area contributed by atoms with Gasteiger partial charge in [-0.15, -0.1) is 0 Å². The zero-order valence-electron chi connectivity index (χ0n) is 27.5. The molecule has 1 aliphatic rings. The summed E-state index contributed by atoms with van der Waals surface area (Å²) < 4.78 is 2.04. The lowest BCUT2D eigenvalue weighted by Crippen LogP contribution is -2.30. The number of aromatic nitrogens is 4. The second-order valence-electron chi connectivity index (χ2n) is 12.7. The number of likely N-dealkylation sites (tertiary alicyclic amines) is 1. The fourth-order valence-electron chi connectivity index (χ4n) is 6.38. The maximum atomic E-state index is 13.1. The molecule has 0 saturated carbocycles. The maximum absolute atomic E-state index is 13.1. The summed E-state index contributed by atoms with van der Waals surface area (Å²) in [6, 6.07) is 34.6. The van der Waals surface area contributed by atoms with Crippen LogP contribution in [0.3, 0.4) is 0 Å². The van der Waals surface area contributed by atoms with Crippen LogP contribution in [-0.4, -0.2) is 61.4 Å². The van der Waals surface area contributed by atoms with Gasteiger partial charge >= 0.3 is 6.03 Å². The van der Waals surface area contributed by atoms with Gasteiger partial charge in [0.25, 0.3) is 0 Å². The lowest BCUT2D eigenvalue weighted by atomic mass is 9.98. The number of imidazole rings is 1. The van der Waals surface area contributed by atoms with Crippen molar-refractivity contribution in [1.82, 2.24) is 29.2 Å². The van der Waals surface area contributed by atoms with Gasteiger partial charge in [0.15, 0.2) is 0 Å². The van der Waals surface area contributed by atoms with Gasteiger partial charge in [-0.1, -0.05) is 60.7 Å². The number of carbonyl (C=O) groups excluding carboxylic acids is 1. The van der Waals surface area contributed by atoms with Crippen molar-refractivity contribution in [2.24, 2.45) is 0 Å². The topological polar surface area (TPSA) is 90.7 Å². The number of amides is 2. The van der Waals surface area contributed by atoms with Crippen LogP contribution in [-0.2, 0) is 6.54 Å². The predicted molar refractivity (Wildman–Crippen MR) is 192 cm³/mol. The predicted octanol–water partition coefficient (Wildman–Crippen LogP) is 8.06. The summed E-state index contributed by atoms with van der Waals surface area (Å²) in [5.74, 6) is 1.07. The molecule has 2 amide bonds. The molecular formula is C39H40N8O. The third kappa shape index (κ3) is 6.77. The van der Waals surface area contributed by atoms with Gasteiger partial charge < -0.3 is 20.4 Å². The Morgan fingerprint density at radius 3 is 2.52 bits per heavy atom. The van der Waals surface area contributed by atoms with Crippen molar-refractivity contribution in [3.63, 3.8) is 0 Å². The molecule has 1 saturated heterocycles. The van der Waals surface area contributed by atoms with E-state index >= 15 is 0 Å². The largest absolute Gasteiger partial charge is 0.324 e. The fraction of sp³-hybridized carbons (Fsp3) is 0.231. The van der Waals surface area contributed by atoms with Gasteiger partial charge in [-0.2, -0.15) is 0 Å². The standard InChI is InChI=1S/C39H40N8O/c1-27(2)46-23-20-31(26-46)29-15-17-32(18-16-29)41-38-40-21-19-34(43-38)37-36(44-35-14-7-8-22-47(35)37)30-12-9-13-33(24-30)42-39(48)45(3)25-28-10-5-4-6-11-28/h4-19,21-22,24,27,31H,20,23,25-26H2,1-3H3,(H,42,48)(H,40,41,43). The first-order valence-corrected chi connectivity index (χ1v) is 16.5. The van der Waals surface area contributed by atoms with Crippen LogP contribution in [0.1, 0.15) is 37.3 Å². The van der Waals surface area contributed by atoms with Crippen LogP contribution in [0.2, 0.25) is 0 Å². The summed E-state index contributed by atoms with van der Waals surface area (Å²) >= 11 is 0. The molecule has 2 N–H and O–H groups in total. The molecular weight excluding hydrogens is 596 g/mol.